The summed E-state index contributed by atoms with van der Waals surface area (Å²) in [6.45, 7) is 4.90. The number of aryl methyl sites for hydroxylation is 1. The quantitative estimate of drug-likeness (QED) is 0.820. The number of hydrogen-bond donors (Lipinski definition) is 2. The van der Waals surface area contributed by atoms with Crippen LogP contribution in [0.2, 0.25) is 0 Å². The Labute approximate surface area is 109 Å². The van der Waals surface area contributed by atoms with Crippen molar-refractivity contribution >= 4 is 10.0 Å². The average Bonchev–Trinajstić information content (AvgIpc) is 2.26. The molecular formula is C13H21NO3S. The molecule has 0 radical (unpaired) electrons. The van der Waals surface area contributed by atoms with Crippen molar-refractivity contribution < 1.29 is 13.5 Å². The van der Waals surface area contributed by atoms with Crippen molar-refractivity contribution in [3.8, 4) is 0 Å². The van der Waals surface area contributed by atoms with E-state index in [-0.39, 0.29) is 5.75 Å². The topological polar surface area (TPSA) is 66.4 Å². The molecule has 0 fully saturated rings. The van der Waals surface area contributed by atoms with E-state index in [9.17, 15) is 13.5 Å². The summed E-state index contributed by atoms with van der Waals surface area (Å²) in [5, 5.41) is 9.50. The second-order valence-corrected chi connectivity index (χ2v) is 6.90. The van der Waals surface area contributed by atoms with Gasteiger partial charge in [-0.15, -0.1) is 0 Å². The maximum Gasteiger partial charge on any atom is 0.212 e. The summed E-state index contributed by atoms with van der Waals surface area (Å²) in [6.07, 6.45) is -0.282. The van der Waals surface area contributed by atoms with Gasteiger partial charge in [0.2, 0.25) is 10.0 Å². The third-order valence-corrected chi connectivity index (χ3v) is 4.54. The summed E-state index contributed by atoms with van der Waals surface area (Å²) in [6, 6.07) is 9.46. The molecule has 0 saturated carbocycles. The van der Waals surface area contributed by atoms with Crippen LogP contribution in [-0.4, -0.2) is 30.9 Å². The molecule has 4 nitrogen and oxygen atoms in total. The van der Waals surface area contributed by atoms with Crippen molar-refractivity contribution in [2.24, 2.45) is 0 Å². The van der Waals surface area contributed by atoms with Gasteiger partial charge in [-0.05, 0) is 32.8 Å². The third-order valence-electron chi connectivity index (χ3n) is 2.97. The minimum Gasteiger partial charge on any atom is -0.391 e. The monoisotopic (exact) mass is 271 g/mol. The summed E-state index contributed by atoms with van der Waals surface area (Å²) in [5.74, 6) is 0.0210. The molecule has 1 aromatic carbocycles. The van der Waals surface area contributed by atoms with Crippen molar-refractivity contribution in [2.75, 3.05) is 5.75 Å². The smallest absolute Gasteiger partial charge is 0.212 e. The van der Waals surface area contributed by atoms with Gasteiger partial charge in [0, 0.05) is 0 Å². The second-order valence-electron chi connectivity index (χ2n) is 5.05. The van der Waals surface area contributed by atoms with Crippen LogP contribution in [0, 0.1) is 0 Å². The first-order valence-corrected chi connectivity index (χ1v) is 7.62. The lowest BCUT2D eigenvalue weighted by Crippen LogP contribution is -2.51. The van der Waals surface area contributed by atoms with Crippen LogP contribution in [0.4, 0.5) is 0 Å². The molecule has 0 aliphatic heterocycles. The normalized spacial score (nSPS) is 14.4. The molecule has 18 heavy (non-hydrogen) atoms. The zero-order valence-electron chi connectivity index (χ0n) is 11.1. The lowest BCUT2D eigenvalue weighted by molar-refractivity contribution is 0.111. The lowest BCUT2D eigenvalue weighted by atomic mass is 10.0. The highest BCUT2D eigenvalue weighted by molar-refractivity contribution is 7.89. The number of benzene rings is 1. The molecule has 1 unspecified atom stereocenters. The molecule has 0 amide bonds. The predicted octanol–water partition coefficient (Wildman–Crippen LogP) is 1.31. The van der Waals surface area contributed by atoms with Crippen molar-refractivity contribution in [3.63, 3.8) is 0 Å². The molecule has 1 aromatic rings. The van der Waals surface area contributed by atoms with Gasteiger partial charge < -0.3 is 5.11 Å². The molecule has 0 saturated heterocycles. The molecule has 0 heterocycles. The fraction of sp³-hybridized carbons (Fsp3) is 0.538. The molecule has 1 rings (SSSR count). The zero-order chi connectivity index (χ0) is 13.8. The highest BCUT2D eigenvalue weighted by atomic mass is 32.2. The van der Waals surface area contributed by atoms with Crippen LogP contribution in [-0.2, 0) is 16.4 Å². The molecule has 0 aromatic heterocycles. The maximum absolute atomic E-state index is 11.9. The molecule has 0 aliphatic carbocycles. The minimum absolute atomic E-state index is 0.0210. The third kappa shape index (κ3) is 4.76. The van der Waals surface area contributed by atoms with Crippen molar-refractivity contribution in [3.05, 3.63) is 35.9 Å². The molecule has 0 aliphatic rings. The Hall–Kier alpha value is -0.910. The number of nitrogens with one attached hydrogen (secondary N) is 1. The summed E-state index contributed by atoms with van der Waals surface area (Å²) in [4.78, 5) is 0. The fourth-order valence-corrected chi connectivity index (χ4v) is 3.01. The van der Waals surface area contributed by atoms with E-state index in [0.717, 1.165) is 5.56 Å². The van der Waals surface area contributed by atoms with Crippen LogP contribution < -0.4 is 4.72 Å². The Bertz CT molecular complexity index is 466. The molecule has 2 N–H and O–H groups in total. The highest BCUT2D eigenvalue weighted by Crippen LogP contribution is 2.11. The Morgan fingerprint density at radius 1 is 1.28 bits per heavy atom. The second kappa shape index (κ2) is 5.82. The number of aliphatic hydroxyl groups is 1. The first kappa shape index (κ1) is 15.1. The van der Waals surface area contributed by atoms with E-state index in [0.29, 0.717) is 6.42 Å². The SMILES string of the molecule is CC(O)C(C)(C)NS(=O)(=O)CCc1ccccc1. The van der Waals surface area contributed by atoms with Gasteiger partial charge in [-0.1, -0.05) is 30.3 Å². The van der Waals surface area contributed by atoms with Gasteiger partial charge in [-0.2, -0.15) is 0 Å². The Morgan fingerprint density at radius 3 is 2.33 bits per heavy atom. The zero-order valence-corrected chi connectivity index (χ0v) is 11.9. The van der Waals surface area contributed by atoms with Crippen molar-refractivity contribution in [1.29, 1.82) is 0 Å². The van der Waals surface area contributed by atoms with Gasteiger partial charge in [-0.3, -0.25) is 0 Å². The van der Waals surface area contributed by atoms with Gasteiger partial charge in [0.05, 0.1) is 17.4 Å². The van der Waals surface area contributed by atoms with Gasteiger partial charge in [-0.25, -0.2) is 13.1 Å². The van der Waals surface area contributed by atoms with Crippen molar-refractivity contribution in [1.82, 2.24) is 4.72 Å². The van der Waals surface area contributed by atoms with E-state index in [1.165, 1.54) is 0 Å². The van der Waals surface area contributed by atoms with E-state index in [4.69, 9.17) is 0 Å². The fourth-order valence-electron chi connectivity index (χ4n) is 1.43. The summed E-state index contributed by atoms with van der Waals surface area (Å²) >= 11 is 0. The number of hydrogen-bond acceptors (Lipinski definition) is 3. The van der Waals surface area contributed by atoms with Crippen LogP contribution in [0.25, 0.3) is 0 Å². The number of rotatable bonds is 6. The Morgan fingerprint density at radius 2 is 1.83 bits per heavy atom. The van der Waals surface area contributed by atoms with Gasteiger partial charge >= 0.3 is 0 Å². The van der Waals surface area contributed by atoms with E-state index in [2.05, 4.69) is 4.72 Å². The van der Waals surface area contributed by atoms with E-state index in [1.807, 2.05) is 30.3 Å². The molecule has 0 spiro atoms. The van der Waals surface area contributed by atoms with Crippen LogP contribution >= 0.6 is 0 Å². The molecule has 0 bridgehead atoms. The summed E-state index contributed by atoms with van der Waals surface area (Å²) in [5.41, 5.74) is 0.132. The van der Waals surface area contributed by atoms with E-state index >= 15 is 0 Å². The first-order valence-electron chi connectivity index (χ1n) is 5.96. The summed E-state index contributed by atoms with van der Waals surface area (Å²) < 4.78 is 26.3. The lowest BCUT2D eigenvalue weighted by Gasteiger charge is -2.28. The first-order chi connectivity index (χ1) is 8.23. The summed E-state index contributed by atoms with van der Waals surface area (Å²) in [7, 11) is -3.39. The van der Waals surface area contributed by atoms with Crippen LogP contribution in [0.5, 0.6) is 0 Å². The van der Waals surface area contributed by atoms with E-state index < -0.39 is 21.7 Å². The average molecular weight is 271 g/mol. The number of aliphatic hydroxyl groups excluding tert-OH is 1. The largest absolute Gasteiger partial charge is 0.391 e. The van der Waals surface area contributed by atoms with Gasteiger partial charge in [0.15, 0.2) is 0 Å². The molecular weight excluding hydrogens is 250 g/mol. The number of sulfonamides is 1. The van der Waals surface area contributed by atoms with Gasteiger partial charge in [0.25, 0.3) is 0 Å². The molecule has 1 atom stereocenters. The minimum atomic E-state index is -3.39. The predicted molar refractivity (Wildman–Crippen MR) is 72.8 cm³/mol. The Balaban J connectivity index is 2.61. The van der Waals surface area contributed by atoms with Crippen LogP contribution in [0.1, 0.15) is 26.3 Å². The molecule has 5 heteroatoms. The Kier molecular flexibility index (Phi) is 4.90. The maximum atomic E-state index is 11.9. The molecule has 102 valence electrons. The van der Waals surface area contributed by atoms with Crippen molar-refractivity contribution in [2.45, 2.75) is 38.8 Å². The van der Waals surface area contributed by atoms with E-state index in [1.54, 1.807) is 20.8 Å². The van der Waals surface area contributed by atoms with Crippen LogP contribution in [0.3, 0.4) is 0 Å². The highest BCUT2D eigenvalue weighted by Gasteiger charge is 2.29. The van der Waals surface area contributed by atoms with Crippen LogP contribution in [0.15, 0.2) is 30.3 Å². The standard InChI is InChI=1S/C13H21NO3S/c1-11(15)13(2,3)14-18(16,17)10-9-12-7-5-4-6-8-12/h4-8,11,14-15H,9-10H2,1-3H3. The van der Waals surface area contributed by atoms with Gasteiger partial charge in [0.1, 0.15) is 0 Å².